The van der Waals surface area contributed by atoms with Gasteiger partial charge in [0.05, 0.1) is 18.4 Å². The van der Waals surface area contributed by atoms with Crippen molar-refractivity contribution in [2.45, 2.75) is 57.5 Å². The number of aromatic amines is 1. The van der Waals surface area contributed by atoms with E-state index in [4.69, 9.17) is 4.98 Å². The quantitative estimate of drug-likeness (QED) is 0.520. The molecule has 2 aliphatic heterocycles. The Balaban J connectivity index is 1.26. The van der Waals surface area contributed by atoms with Gasteiger partial charge < -0.3 is 9.55 Å². The van der Waals surface area contributed by atoms with Crippen LogP contribution in [0.15, 0.2) is 41.3 Å². The summed E-state index contributed by atoms with van der Waals surface area (Å²) in [7, 11) is 0. The topological polar surface area (TPSA) is 97.5 Å². The number of likely N-dealkylation sites (tertiary alicyclic amines) is 1. The van der Waals surface area contributed by atoms with Crippen LogP contribution in [0.3, 0.4) is 0 Å². The molecule has 1 N–H and O–H groups in total. The fourth-order valence-electron chi connectivity index (χ4n) is 5.23. The van der Waals surface area contributed by atoms with E-state index in [1.165, 1.54) is 19.3 Å². The predicted octanol–water partition coefficient (Wildman–Crippen LogP) is 2.81. The SMILES string of the molecule is O=c1[nH]c(CN2CCCC(c3nnc4n3CCCCC4)C2)nc2c1cnn2-c1ccccc1. The molecule has 0 radical (unpaired) electrons. The molecule has 0 bridgehead atoms. The second-order valence-electron chi connectivity index (χ2n) is 9.15. The number of hydrogen-bond donors (Lipinski definition) is 1. The van der Waals surface area contributed by atoms with Crippen molar-refractivity contribution in [3.63, 3.8) is 0 Å². The largest absolute Gasteiger partial charge is 0.315 e. The van der Waals surface area contributed by atoms with Crippen LogP contribution in [0.2, 0.25) is 0 Å². The lowest BCUT2D eigenvalue weighted by Gasteiger charge is -2.32. The first kappa shape index (κ1) is 20.3. The van der Waals surface area contributed by atoms with Crippen LogP contribution in [0.5, 0.6) is 0 Å². The van der Waals surface area contributed by atoms with E-state index in [9.17, 15) is 4.79 Å². The van der Waals surface area contributed by atoms with Crippen LogP contribution in [0.4, 0.5) is 0 Å². The summed E-state index contributed by atoms with van der Waals surface area (Å²) >= 11 is 0. The van der Waals surface area contributed by atoms with Crippen LogP contribution in [0.1, 0.15) is 55.5 Å². The molecule has 33 heavy (non-hydrogen) atoms. The van der Waals surface area contributed by atoms with Crippen molar-refractivity contribution in [2.24, 2.45) is 0 Å². The van der Waals surface area contributed by atoms with E-state index in [0.717, 1.165) is 56.2 Å². The summed E-state index contributed by atoms with van der Waals surface area (Å²) in [6, 6.07) is 9.80. The van der Waals surface area contributed by atoms with Gasteiger partial charge in [-0.2, -0.15) is 5.10 Å². The van der Waals surface area contributed by atoms with Crippen molar-refractivity contribution >= 4 is 11.0 Å². The number of benzene rings is 1. The van der Waals surface area contributed by atoms with Gasteiger partial charge in [-0.15, -0.1) is 10.2 Å². The normalized spacial score (nSPS) is 19.5. The minimum absolute atomic E-state index is 0.145. The van der Waals surface area contributed by atoms with Crippen LogP contribution < -0.4 is 5.56 Å². The molecule has 0 aliphatic carbocycles. The third-order valence-corrected chi connectivity index (χ3v) is 6.87. The molecule has 2 aliphatic rings. The molecule has 1 unspecified atom stereocenters. The molecule has 9 heteroatoms. The number of piperidine rings is 1. The van der Waals surface area contributed by atoms with Gasteiger partial charge in [-0.3, -0.25) is 9.69 Å². The minimum atomic E-state index is -0.145. The Bertz CT molecular complexity index is 1320. The number of nitrogens with one attached hydrogen (secondary N) is 1. The Morgan fingerprint density at radius 1 is 1.03 bits per heavy atom. The van der Waals surface area contributed by atoms with E-state index < -0.39 is 0 Å². The summed E-state index contributed by atoms with van der Waals surface area (Å²) in [5.74, 6) is 3.32. The zero-order valence-electron chi connectivity index (χ0n) is 18.7. The van der Waals surface area contributed by atoms with Gasteiger partial charge in [0, 0.05) is 25.4 Å². The molecule has 1 aromatic carbocycles. The van der Waals surface area contributed by atoms with E-state index >= 15 is 0 Å². The van der Waals surface area contributed by atoms with Crippen molar-refractivity contribution in [1.29, 1.82) is 0 Å². The molecule has 5 heterocycles. The van der Waals surface area contributed by atoms with Crippen molar-refractivity contribution in [3.05, 3.63) is 64.4 Å². The second-order valence-corrected chi connectivity index (χ2v) is 9.15. The van der Waals surface area contributed by atoms with E-state index in [2.05, 4.69) is 29.7 Å². The maximum absolute atomic E-state index is 12.7. The lowest BCUT2D eigenvalue weighted by atomic mass is 9.97. The number of aryl methyl sites for hydroxylation is 1. The minimum Gasteiger partial charge on any atom is -0.315 e. The van der Waals surface area contributed by atoms with Gasteiger partial charge >= 0.3 is 0 Å². The number of hydrogen-bond acceptors (Lipinski definition) is 6. The van der Waals surface area contributed by atoms with Crippen LogP contribution in [-0.4, -0.2) is 52.5 Å². The predicted molar refractivity (Wildman–Crippen MR) is 124 cm³/mol. The summed E-state index contributed by atoms with van der Waals surface area (Å²) in [6.45, 7) is 3.51. The summed E-state index contributed by atoms with van der Waals surface area (Å²) in [6.07, 6.45) is 8.51. The van der Waals surface area contributed by atoms with Crippen molar-refractivity contribution in [1.82, 2.24) is 39.4 Å². The molecule has 170 valence electrons. The molecular weight excluding hydrogens is 416 g/mol. The molecule has 0 spiro atoms. The first-order valence-electron chi connectivity index (χ1n) is 11.9. The number of rotatable bonds is 4. The number of H-pyrrole nitrogens is 1. The monoisotopic (exact) mass is 444 g/mol. The molecule has 6 rings (SSSR count). The van der Waals surface area contributed by atoms with E-state index in [1.807, 2.05) is 30.3 Å². The molecule has 3 aromatic heterocycles. The van der Waals surface area contributed by atoms with Crippen molar-refractivity contribution in [2.75, 3.05) is 13.1 Å². The molecule has 1 fully saturated rings. The Kier molecular flexibility index (Phi) is 5.26. The Morgan fingerprint density at radius 2 is 1.94 bits per heavy atom. The molecule has 0 saturated carbocycles. The molecule has 1 atom stereocenters. The summed E-state index contributed by atoms with van der Waals surface area (Å²) < 4.78 is 4.10. The van der Waals surface area contributed by atoms with Gasteiger partial charge in [-0.25, -0.2) is 9.67 Å². The highest BCUT2D eigenvalue weighted by molar-refractivity contribution is 5.75. The van der Waals surface area contributed by atoms with Gasteiger partial charge in [-0.05, 0) is 44.4 Å². The van der Waals surface area contributed by atoms with Crippen LogP contribution in [0, 0.1) is 0 Å². The standard InChI is InChI=1S/C24H28N8O/c33-24-19-14-25-32(18-9-3-1-4-10-18)23(19)26-20(27-24)16-30-12-7-8-17(15-30)22-29-28-21-11-5-2-6-13-31(21)22/h1,3-4,9-10,14,17H,2,5-8,11-13,15-16H2,(H,26,27,33). The fraction of sp³-hybridized carbons (Fsp3) is 0.458. The third kappa shape index (κ3) is 3.86. The van der Waals surface area contributed by atoms with E-state index in [1.54, 1.807) is 10.9 Å². The maximum atomic E-state index is 12.7. The number of fused-ring (bicyclic) bond motifs is 2. The first-order chi connectivity index (χ1) is 16.3. The first-order valence-corrected chi connectivity index (χ1v) is 11.9. The third-order valence-electron chi connectivity index (χ3n) is 6.87. The molecular formula is C24H28N8O. The van der Waals surface area contributed by atoms with Gasteiger partial charge in [0.25, 0.3) is 5.56 Å². The summed E-state index contributed by atoms with van der Waals surface area (Å²) in [5, 5.41) is 14.0. The second kappa shape index (κ2) is 8.55. The smallest absolute Gasteiger partial charge is 0.262 e. The average Bonchev–Trinajstić information content (AvgIpc) is 3.37. The molecule has 4 aromatic rings. The number of aromatic nitrogens is 7. The molecule has 9 nitrogen and oxygen atoms in total. The van der Waals surface area contributed by atoms with Crippen molar-refractivity contribution < 1.29 is 0 Å². The average molecular weight is 445 g/mol. The van der Waals surface area contributed by atoms with Crippen LogP contribution in [0.25, 0.3) is 16.7 Å². The van der Waals surface area contributed by atoms with Crippen molar-refractivity contribution in [3.8, 4) is 5.69 Å². The lowest BCUT2D eigenvalue weighted by Crippen LogP contribution is -2.36. The Labute approximate surface area is 191 Å². The highest BCUT2D eigenvalue weighted by Crippen LogP contribution is 2.28. The zero-order chi connectivity index (χ0) is 22.2. The Hall–Kier alpha value is -3.33. The zero-order valence-corrected chi connectivity index (χ0v) is 18.7. The van der Waals surface area contributed by atoms with E-state index in [0.29, 0.717) is 29.3 Å². The number of nitrogens with zero attached hydrogens (tertiary/aromatic N) is 7. The highest BCUT2D eigenvalue weighted by atomic mass is 16.1. The fourth-order valence-corrected chi connectivity index (χ4v) is 5.23. The van der Waals surface area contributed by atoms with E-state index in [-0.39, 0.29) is 5.56 Å². The van der Waals surface area contributed by atoms with Crippen LogP contribution >= 0.6 is 0 Å². The summed E-state index contributed by atoms with van der Waals surface area (Å²) in [4.78, 5) is 22.9. The van der Waals surface area contributed by atoms with Gasteiger partial charge in [0.15, 0.2) is 5.65 Å². The lowest BCUT2D eigenvalue weighted by molar-refractivity contribution is 0.190. The highest BCUT2D eigenvalue weighted by Gasteiger charge is 2.28. The molecule has 0 amide bonds. The maximum Gasteiger partial charge on any atom is 0.262 e. The van der Waals surface area contributed by atoms with Gasteiger partial charge in [0.2, 0.25) is 0 Å². The summed E-state index contributed by atoms with van der Waals surface area (Å²) in [5.41, 5.74) is 1.34. The Morgan fingerprint density at radius 3 is 2.85 bits per heavy atom. The number of para-hydroxylation sites is 1. The van der Waals surface area contributed by atoms with Gasteiger partial charge in [-0.1, -0.05) is 24.6 Å². The van der Waals surface area contributed by atoms with Crippen LogP contribution in [-0.2, 0) is 19.5 Å². The molecule has 1 saturated heterocycles. The van der Waals surface area contributed by atoms with Gasteiger partial charge in [0.1, 0.15) is 22.9 Å².